The summed E-state index contributed by atoms with van der Waals surface area (Å²) in [5.74, 6) is 0. The number of thiophene rings is 1. The molecule has 14 heavy (non-hydrogen) atoms. The molecule has 1 aromatic rings. The highest BCUT2D eigenvalue weighted by Crippen LogP contribution is 2.19. The van der Waals surface area contributed by atoms with Gasteiger partial charge in [0.15, 0.2) is 5.11 Å². The first-order valence-electron chi connectivity index (χ1n) is 4.35. The van der Waals surface area contributed by atoms with Crippen molar-refractivity contribution in [2.45, 2.75) is 26.4 Å². The molecular formula is C9H13BrN2S2. The average molecular weight is 293 g/mol. The van der Waals surface area contributed by atoms with Gasteiger partial charge in [0.2, 0.25) is 0 Å². The minimum atomic E-state index is 0.380. The Hall–Kier alpha value is -0.130. The maximum absolute atomic E-state index is 5.11. The Kier molecular flexibility index (Phi) is 4.84. The number of rotatable bonds is 3. The van der Waals surface area contributed by atoms with Gasteiger partial charge in [-0.25, -0.2) is 0 Å². The van der Waals surface area contributed by atoms with Crippen molar-refractivity contribution in [3.63, 3.8) is 0 Å². The fraction of sp³-hybridized carbons (Fsp3) is 0.444. The molecular weight excluding hydrogens is 280 g/mol. The highest BCUT2D eigenvalue weighted by molar-refractivity contribution is 9.10. The van der Waals surface area contributed by atoms with Crippen molar-refractivity contribution in [1.29, 1.82) is 0 Å². The second-order valence-corrected chi connectivity index (χ2v) is 5.53. The number of hydrogen-bond donors (Lipinski definition) is 2. The molecule has 2 N–H and O–H groups in total. The molecule has 5 heteroatoms. The minimum absolute atomic E-state index is 0.380. The lowest BCUT2D eigenvalue weighted by Gasteiger charge is -2.12. The Morgan fingerprint density at radius 1 is 1.64 bits per heavy atom. The van der Waals surface area contributed by atoms with Gasteiger partial charge in [0.1, 0.15) is 0 Å². The molecule has 0 unspecified atom stereocenters. The molecule has 0 bridgehead atoms. The molecule has 0 aliphatic carbocycles. The van der Waals surface area contributed by atoms with Gasteiger partial charge in [-0.1, -0.05) is 0 Å². The van der Waals surface area contributed by atoms with Gasteiger partial charge in [-0.05, 0) is 48.1 Å². The summed E-state index contributed by atoms with van der Waals surface area (Å²) in [5, 5.41) is 9.06. The van der Waals surface area contributed by atoms with Crippen LogP contribution in [0.4, 0.5) is 0 Å². The van der Waals surface area contributed by atoms with Crippen LogP contribution in [0.5, 0.6) is 0 Å². The van der Waals surface area contributed by atoms with Gasteiger partial charge < -0.3 is 10.6 Å². The lowest BCUT2D eigenvalue weighted by molar-refractivity contribution is 0.713. The van der Waals surface area contributed by atoms with Crippen LogP contribution in [-0.4, -0.2) is 11.2 Å². The van der Waals surface area contributed by atoms with Crippen LogP contribution in [-0.2, 0) is 6.54 Å². The van der Waals surface area contributed by atoms with Gasteiger partial charge in [-0.2, -0.15) is 0 Å². The van der Waals surface area contributed by atoms with E-state index >= 15 is 0 Å². The molecule has 1 heterocycles. The van der Waals surface area contributed by atoms with Crippen molar-refractivity contribution in [2.75, 3.05) is 0 Å². The molecule has 0 amide bonds. The van der Waals surface area contributed by atoms with Gasteiger partial charge >= 0.3 is 0 Å². The molecule has 1 aromatic heterocycles. The van der Waals surface area contributed by atoms with Gasteiger partial charge in [-0.15, -0.1) is 11.3 Å². The van der Waals surface area contributed by atoms with E-state index in [4.69, 9.17) is 12.2 Å². The van der Waals surface area contributed by atoms with E-state index in [2.05, 4.69) is 51.9 Å². The van der Waals surface area contributed by atoms with Crippen molar-refractivity contribution in [3.8, 4) is 0 Å². The lowest BCUT2D eigenvalue weighted by Crippen LogP contribution is -2.38. The third kappa shape index (κ3) is 4.39. The van der Waals surface area contributed by atoms with Crippen LogP contribution in [0.15, 0.2) is 15.9 Å². The van der Waals surface area contributed by atoms with Gasteiger partial charge in [0.25, 0.3) is 0 Å². The Morgan fingerprint density at radius 3 is 2.86 bits per heavy atom. The summed E-state index contributed by atoms with van der Waals surface area (Å²) < 4.78 is 1.13. The molecule has 1 rings (SSSR count). The van der Waals surface area contributed by atoms with E-state index in [0.29, 0.717) is 11.2 Å². The third-order valence-electron chi connectivity index (χ3n) is 1.46. The van der Waals surface area contributed by atoms with E-state index in [0.717, 1.165) is 11.0 Å². The van der Waals surface area contributed by atoms with Crippen LogP contribution < -0.4 is 10.6 Å². The predicted octanol–water partition coefficient (Wildman–Crippen LogP) is 2.88. The number of nitrogens with one attached hydrogen (secondary N) is 2. The number of hydrogen-bond acceptors (Lipinski definition) is 2. The summed E-state index contributed by atoms with van der Waals surface area (Å²) in [4.78, 5) is 1.27. The van der Waals surface area contributed by atoms with Crippen LogP contribution in [0, 0.1) is 0 Å². The van der Waals surface area contributed by atoms with Crippen molar-refractivity contribution >= 4 is 44.6 Å². The first-order chi connectivity index (χ1) is 6.58. The highest BCUT2D eigenvalue weighted by atomic mass is 79.9. The van der Waals surface area contributed by atoms with Gasteiger partial charge in [0, 0.05) is 20.8 Å². The van der Waals surface area contributed by atoms with Crippen molar-refractivity contribution < 1.29 is 0 Å². The van der Waals surface area contributed by atoms with Crippen LogP contribution in [0.1, 0.15) is 18.7 Å². The van der Waals surface area contributed by atoms with E-state index in [9.17, 15) is 0 Å². The fourth-order valence-electron chi connectivity index (χ4n) is 0.927. The second kappa shape index (κ2) is 5.68. The van der Waals surface area contributed by atoms with E-state index in [1.54, 1.807) is 11.3 Å². The van der Waals surface area contributed by atoms with E-state index < -0.39 is 0 Å². The number of thiocarbonyl (C=S) groups is 1. The monoisotopic (exact) mass is 292 g/mol. The molecule has 78 valence electrons. The van der Waals surface area contributed by atoms with E-state index in [1.165, 1.54) is 4.88 Å². The van der Waals surface area contributed by atoms with Crippen LogP contribution in [0.25, 0.3) is 0 Å². The molecule has 0 aliphatic rings. The van der Waals surface area contributed by atoms with Crippen molar-refractivity contribution in [1.82, 2.24) is 10.6 Å². The topological polar surface area (TPSA) is 24.1 Å². The molecule has 0 radical (unpaired) electrons. The van der Waals surface area contributed by atoms with Gasteiger partial charge in [-0.3, -0.25) is 0 Å². The molecule has 0 spiro atoms. The standard InChI is InChI=1S/C9H13BrN2S2/c1-6(2)12-9(13)11-4-8-3-7(10)5-14-8/h3,5-6H,4H2,1-2H3,(H2,11,12,13). The summed E-state index contributed by atoms with van der Waals surface area (Å²) in [7, 11) is 0. The van der Waals surface area contributed by atoms with Crippen molar-refractivity contribution in [2.24, 2.45) is 0 Å². The largest absolute Gasteiger partial charge is 0.361 e. The SMILES string of the molecule is CC(C)NC(=S)NCc1cc(Br)cs1. The zero-order valence-electron chi connectivity index (χ0n) is 8.13. The quantitative estimate of drug-likeness (QED) is 0.838. The Labute approximate surface area is 102 Å². The summed E-state index contributed by atoms with van der Waals surface area (Å²) in [6.45, 7) is 4.92. The molecule has 0 atom stereocenters. The minimum Gasteiger partial charge on any atom is -0.361 e. The maximum atomic E-state index is 5.11. The van der Waals surface area contributed by atoms with Crippen LogP contribution >= 0.6 is 39.5 Å². The van der Waals surface area contributed by atoms with E-state index in [1.807, 2.05) is 0 Å². The Morgan fingerprint density at radius 2 is 2.36 bits per heavy atom. The third-order valence-corrected chi connectivity index (χ3v) is 3.42. The summed E-state index contributed by atoms with van der Waals surface area (Å²) in [6, 6.07) is 2.47. The zero-order chi connectivity index (χ0) is 10.6. The normalized spacial score (nSPS) is 10.3. The first kappa shape index (κ1) is 11.9. The van der Waals surface area contributed by atoms with Gasteiger partial charge in [0.05, 0.1) is 6.54 Å². The second-order valence-electron chi connectivity index (χ2n) is 3.21. The highest BCUT2D eigenvalue weighted by Gasteiger charge is 2.00. The molecule has 0 fully saturated rings. The Bertz CT molecular complexity index is 310. The average Bonchev–Trinajstić information content (AvgIpc) is 2.47. The zero-order valence-corrected chi connectivity index (χ0v) is 11.4. The molecule has 0 saturated heterocycles. The number of halogens is 1. The maximum Gasteiger partial charge on any atom is 0.166 e. The molecule has 0 saturated carbocycles. The fourth-order valence-corrected chi connectivity index (χ4v) is 2.63. The van der Waals surface area contributed by atoms with E-state index in [-0.39, 0.29) is 0 Å². The molecule has 0 aromatic carbocycles. The van der Waals surface area contributed by atoms with Crippen molar-refractivity contribution in [3.05, 3.63) is 20.8 Å². The summed E-state index contributed by atoms with van der Waals surface area (Å²) in [5.41, 5.74) is 0. The summed E-state index contributed by atoms with van der Waals surface area (Å²) in [6.07, 6.45) is 0. The lowest BCUT2D eigenvalue weighted by atomic mass is 10.4. The molecule has 0 aliphatic heterocycles. The predicted molar refractivity (Wildman–Crippen MR) is 69.7 cm³/mol. The van der Waals surface area contributed by atoms with Crippen LogP contribution in [0.2, 0.25) is 0 Å². The van der Waals surface area contributed by atoms with Crippen LogP contribution in [0.3, 0.4) is 0 Å². The Balaban J connectivity index is 2.30. The summed E-state index contributed by atoms with van der Waals surface area (Å²) >= 11 is 10.2. The molecule has 2 nitrogen and oxygen atoms in total. The smallest absolute Gasteiger partial charge is 0.166 e. The first-order valence-corrected chi connectivity index (χ1v) is 6.43.